The lowest BCUT2D eigenvalue weighted by atomic mass is 10.1. The van der Waals surface area contributed by atoms with E-state index in [9.17, 15) is 19.5 Å². The second-order valence-electron chi connectivity index (χ2n) is 6.99. The third-order valence-corrected chi connectivity index (χ3v) is 4.24. The number of esters is 1. The fourth-order valence-electron chi connectivity index (χ4n) is 2.89. The van der Waals surface area contributed by atoms with Crippen molar-refractivity contribution in [3.63, 3.8) is 0 Å². The number of aryl methyl sites for hydroxylation is 1. The van der Waals surface area contributed by atoms with Crippen molar-refractivity contribution in [3.8, 4) is 5.75 Å². The number of aromatic hydroxyl groups is 1. The molecule has 0 bridgehead atoms. The number of phenols is 1. The van der Waals surface area contributed by atoms with Crippen LogP contribution in [0, 0.1) is 13.8 Å². The standard InChI is InChI=1S/C21H27N3O5/c1-12(2)29-21(28)17-13(3)18(24-14(17)4)20(27)23-10-6-9-22-19(26)15-7-5-8-16(25)11-15/h5,7-8,11-12,24-25H,6,9-10H2,1-4H3,(H,22,26)(H,23,27). The minimum Gasteiger partial charge on any atom is -0.508 e. The predicted molar refractivity (Wildman–Crippen MR) is 108 cm³/mol. The molecule has 156 valence electrons. The lowest BCUT2D eigenvalue weighted by Gasteiger charge is -2.09. The fraction of sp³-hybridized carbons (Fsp3) is 0.381. The number of aromatic nitrogens is 1. The van der Waals surface area contributed by atoms with E-state index in [0.29, 0.717) is 47.6 Å². The second kappa shape index (κ2) is 9.77. The van der Waals surface area contributed by atoms with Crippen LogP contribution < -0.4 is 10.6 Å². The van der Waals surface area contributed by atoms with E-state index >= 15 is 0 Å². The van der Waals surface area contributed by atoms with Gasteiger partial charge in [-0.05, 0) is 57.9 Å². The monoisotopic (exact) mass is 401 g/mol. The summed E-state index contributed by atoms with van der Waals surface area (Å²) < 4.78 is 5.22. The van der Waals surface area contributed by atoms with Crippen LogP contribution in [0.4, 0.5) is 0 Å². The van der Waals surface area contributed by atoms with Crippen molar-refractivity contribution in [2.24, 2.45) is 0 Å². The molecule has 0 saturated carbocycles. The highest BCUT2D eigenvalue weighted by Crippen LogP contribution is 2.19. The van der Waals surface area contributed by atoms with Gasteiger partial charge in [0.15, 0.2) is 0 Å². The maximum absolute atomic E-state index is 12.4. The molecule has 0 aliphatic rings. The molecule has 0 saturated heterocycles. The molecule has 1 aromatic heterocycles. The van der Waals surface area contributed by atoms with Crippen molar-refractivity contribution < 1.29 is 24.2 Å². The Kier molecular flexibility index (Phi) is 7.41. The molecule has 2 amide bonds. The Bertz CT molecular complexity index is 902. The Morgan fingerprint density at radius 1 is 1.10 bits per heavy atom. The minimum atomic E-state index is -0.458. The number of rotatable bonds is 8. The smallest absolute Gasteiger partial charge is 0.340 e. The van der Waals surface area contributed by atoms with E-state index in [1.165, 1.54) is 12.1 Å². The van der Waals surface area contributed by atoms with Gasteiger partial charge in [0.05, 0.1) is 11.7 Å². The number of H-pyrrole nitrogens is 1. The molecule has 0 spiro atoms. The van der Waals surface area contributed by atoms with Gasteiger partial charge in [-0.3, -0.25) is 9.59 Å². The predicted octanol–water partition coefficient (Wildman–Crippen LogP) is 2.45. The molecule has 0 fully saturated rings. The Balaban J connectivity index is 1.84. The first-order chi connectivity index (χ1) is 13.7. The zero-order valence-electron chi connectivity index (χ0n) is 17.1. The number of benzene rings is 1. The number of ether oxygens (including phenoxy) is 1. The molecule has 8 heteroatoms. The van der Waals surface area contributed by atoms with Crippen LogP contribution >= 0.6 is 0 Å². The fourth-order valence-corrected chi connectivity index (χ4v) is 2.89. The van der Waals surface area contributed by atoms with Crippen molar-refractivity contribution in [2.45, 2.75) is 40.2 Å². The second-order valence-corrected chi connectivity index (χ2v) is 6.99. The topological polar surface area (TPSA) is 121 Å². The highest BCUT2D eigenvalue weighted by molar-refractivity contribution is 6.00. The summed E-state index contributed by atoms with van der Waals surface area (Å²) in [5.74, 6) is -1.05. The van der Waals surface area contributed by atoms with Crippen LogP contribution in [0.2, 0.25) is 0 Å². The van der Waals surface area contributed by atoms with E-state index in [0.717, 1.165) is 0 Å². The van der Waals surface area contributed by atoms with E-state index in [4.69, 9.17) is 4.74 Å². The summed E-state index contributed by atoms with van der Waals surface area (Å²) in [5, 5.41) is 14.9. The zero-order valence-corrected chi connectivity index (χ0v) is 17.1. The van der Waals surface area contributed by atoms with Crippen LogP contribution in [0.1, 0.15) is 62.7 Å². The minimum absolute atomic E-state index is 0.0261. The van der Waals surface area contributed by atoms with Crippen molar-refractivity contribution in [3.05, 3.63) is 52.3 Å². The molecule has 0 unspecified atom stereocenters. The van der Waals surface area contributed by atoms with E-state index in [1.807, 2.05) is 0 Å². The molecule has 4 N–H and O–H groups in total. The molecule has 2 rings (SSSR count). The first-order valence-corrected chi connectivity index (χ1v) is 9.46. The maximum Gasteiger partial charge on any atom is 0.340 e. The summed E-state index contributed by atoms with van der Waals surface area (Å²) >= 11 is 0. The van der Waals surface area contributed by atoms with E-state index in [-0.39, 0.29) is 23.7 Å². The number of hydrogen-bond acceptors (Lipinski definition) is 5. The first kappa shape index (κ1) is 22.0. The van der Waals surface area contributed by atoms with Crippen LogP contribution in [0.15, 0.2) is 24.3 Å². The van der Waals surface area contributed by atoms with E-state index in [2.05, 4.69) is 15.6 Å². The van der Waals surface area contributed by atoms with Gasteiger partial charge < -0.3 is 25.5 Å². The summed E-state index contributed by atoms with van der Waals surface area (Å²) in [5.41, 5.74) is 2.19. The zero-order chi connectivity index (χ0) is 21.6. The summed E-state index contributed by atoms with van der Waals surface area (Å²) in [6, 6.07) is 6.07. The number of phenolic OH excluding ortho intramolecular Hbond substituents is 1. The summed E-state index contributed by atoms with van der Waals surface area (Å²) in [7, 11) is 0. The van der Waals surface area contributed by atoms with Gasteiger partial charge in [-0.1, -0.05) is 6.07 Å². The number of amides is 2. The molecule has 2 aromatic rings. The van der Waals surface area contributed by atoms with Crippen molar-refractivity contribution >= 4 is 17.8 Å². The molecule has 0 atom stereocenters. The molecular formula is C21H27N3O5. The van der Waals surface area contributed by atoms with Crippen LogP contribution in [0.5, 0.6) is 5.75 Å². The molecule has 1 heterocycles. The first-order valence-electron chi connectivity index (χ1n) is 9.46. The third-order valence-electron chi connectivity index (χ3n) is 4.24. The number of hydrogen-bond donors (Lipinski definition) is 4. The normalized spacial score (nSPS) is 10.7. The lowest BCUT2D eigenvalue weighted by molar-refractivity contribution is 0.0376. The van der Waals surface area contributed by atoms with Crippen LogP contribution in [0.25, 0.3) is 0 Å². The lowest BCUT2D eigenvalue weighted by Crippen LogP contribution is -2.30. The average molecular weight is 401 g/mol. The Labute approximate surface area is 169 Å². The van der Waals surface area contributed by atoms with Gasteiger partial charge in [-0.15, -0.1) is 0 Å². The van der Waals surface area contributed by atoms with Gasteiger partial charge in [0.2, 0.25) is 0 Å². The van der Waals surface area contributed by atoms with Gasteiger partial charge in [0, 0.05) is 24.3 Å². The summed E-state index contributed by atoms with van der Waals surface area (Å²) in [6.07, 6.45) is 0.278. The number of carbonyl (C=O) groups excluding carboxylic acids is 3. The number of carbonyl (C=O) groups is 3. The summed E-state index contributed by atoms with van der Waals surface area (Å²) in [4.78, 5) is 39.6. The highest BCUT2D eigenvalue weighted by atomic mass is 16.5. The molecule has 1 aromatic carbocycles. The number of nitrogens with one attached hydrogen (secondary N) is 3. The Morgan fingerprint density at radius 2 is 1.76 bits per heavy atom. The highest BCUT2D eigenvalue weighted by Gasteiger charge is 2.23. The molecule has 29 heavy (non-hydrogen) atoms. The van der Waals surface area contributed by atoms with E-state index in [1.54, 1.807) is 39.8 Å². The average Bonchev–Trinajstić information content (AvgIpc) is 2.95. The third kappa shape index (κ3) is 5.84. The van der Waals surface area contributed by atoms with Gasteiger partial charge in [0.1, 0.15) is 11.4 Å². The molecule has 0 radical (unpaired) electrons. The molecular weight excluding hydrogens is 374 g/mol. The molecule has 8 nitrogen and oxygen atoms in total. The van der Waals surface area contributed by atoms with Crippen molar-refractivity contribution in [2.75, 3.05) is 13.1 Å². The van der Waals surface area contributed by atoms with Gasteiger partial charge >= 0.3 is 5.97 Å². The summed E-state index contributed by atoms with van der Waals surface area (Å²) in [6.45, 7) is 7.67. The largest absolute Gasteiger partial charge is 0.508 e. The van der Waals surface area contributed by atoms with Crippen molar-refractivity contribution in [1.82, 2.24) is 15.6 Å². The Morgan fingerprint density at radius 3 is 2.38 bits per heavy atom. The SMILES string of the molecule is Cc1[nH]c(C(=O)NCCCNC(=O)c2cccc(O)c2)c(C)c1C(=O)OC(C)C. The van der Waals surface area contributed by atoms with Gasteiger partial charge in [0.25, 0.3) is 11.8 Å². The van der Waals surface area contributed by atoms with Crippen LogP contribution in [-0.4, -0.2) is 47.1 Å². The van der Waals surface area contributed by atoms with Gasteiger partial charge in [-0.2, -0.15) is 0 Å². The number of aromatic amines is 1. The van der Waals surface area contributed by atoms with Gasteiger partial charge in [-0.25, -0.2) is 4.79 Å². The maximum atomic E-state index is 12.4. The van der Waals surface area contributed by atoms with E-state index < -0.39 is 5.97 Å². The van der Waals surface area contributed by atoms with Crippen LogP contribution in [-0.2, 0) is 4.74 Å². The van der Waals surface area contributed by atoms with Crippen LogP contribution in [0.3, 0.4) is 0 Å². The Hall–Kier alpha value is -3.29. The molecule has 0 aliphatic carbocycles. The van der Waals surface area contributed by atoms with Crippen molar-refractivity contribution in [1.29, 1.82) is 0 Å². The molecule has 0 aliphatic heterocycles. The quantitative estimate of drug-likeness (QED) is 0.400.